The van der Waals surface area contributed by atoms with Crippen LogP contribution in [0.4, 0.5) is 4.39 Å². The lowest BCUT2D eigenvalue weighted by Crippen LogP contribution is -2.42. The molecule has 0 saturated heterocycles. The average molecular weight is 437 g/mol. The third-order valence-electron chi connectivity index (χ3n) is 5.33. The number of halogens is 1. The lowest BCUT2D eigenvalue weighted by molar-refractivity contribution is 0.414. The molecule has 0 atom stereocenters. The number of pyridine rings is 1. The van der Waals surface area contributed by atoms with Gasteiger partial charge in [-0.1, -0.05) is 18.2 Å². The van der Waals surface area contributed by atoms with Crippen molar-refractivity contribution in [2.24, 2.45) is 7.05 Å². The van der Waals surface area contributed by atoms with Gasteiger partial charge >= 0.3 is 5.69 Å². The lowest BCUT2D eigenvalue weighted by atomic mass is 10.2. The van der Waals surface area contributed by atoms with Crippen molar-refractivity contribution in [2.45, 2.75) is 13.5 Å². The van der Waals surface area contributed by atoms with E-state index in [0.29, 0.717) is 16.9 Å². The highest BCUT2D eigenvalue weighted by Crippen LogP contribution is 2.22. The van der Waals surface area contributed by atoms with Gasteiger partial charge in [0.15, 0.2) is 0 Å². The van der Waals surface area contributed by atoms with E-state index in [4.69, 9.17) is 4.74 Å². The lowest BCUT2D eigenvalue weighted by Gasteiger charge is -2.17. The number of ether oxygens (including phenoxy) is 1. The molecule has 2 aromatic heterocycles. The summed E-state index contributed by atoms with van der Waals surface area (Å²) in [5.74, 6) is -0.692. The fraction of sp³-hybridized carbons (Fsp3) is 0.174. The van der Waals surface area contributed by atoms with Gasteiger partial charge in [-0.2, -0.15) is 0 Å². The number of benzene rings is 2. The van der Waals surface area contributed by atoms with Crippen LogP contribution in [0.25, 0.3) is 16.7 Å². The van der Waals surface area contributed by atoms with Crippen LogP contribution in [-0.4, -0.2) is 25.9 Å². The molecule has 1 N–H and O–H groups in total. The van der Waals surface area contributed by atoms with E-state index in [-0.39, 0.29) is 23.3 Å². The van der Waals surface area contributed by atoms with Gasteiger partial charge in [0.2, 0.25) is 0 Å². The van der Waals surface area contributed by atoms with Gasteiger partial charge in [-0.15, -0.1) is 0 Å². The summed E-state index contributed by atoms with van der Waals surface area (Å²) in [6.07, 6.45) is 0. The molecule has 0 aliphatic rings. The second kappa shape index (κ2) is 7.84. The molecule has 0 aliphatic carbocycles. The molecular formula is C23H20FN3O5. The van der Waals surface area contributed by atoms with Crippen LogP contribution < -0.4 is 21.5 Å². The molecule has 4 aromatic rings. The van der Waals surface area contributed by atoms with E-state index in [9.17, 15) is 23.9 Å². The zero-order valence-corrected chi connectivity index (χ0v) is 17.6. The van der Waals surface area contributed by atoms with E-state index < -0.39 is 28.4 Å². The van der Waals surface area contributed by atoms with Gasteiger partial charge in [-0.25, -0.2) is 13.8 Å². The predicted molar refractivity (Wildman–Crippen MR) is 118 cm³/mol. The van der Waals surface area contributed by atoms with Crippen LogP contribution in [0.2, 0.25) is 0 Å². The number of aryl methyl sites for hydroxylation is 2. The Morgan fingerprint density at radius 1 is 1.03 bits per heavy atom. The molecule has 2 aromatic carbocycles. The topological polar surface area (TPSA) is 95.5 Å². The summed E-state index contributed by atoms with van der Waals surface area (Å²) < 4.78 is 22.9. The van der Waals surface area contributed by atoms with E-state index in [2.05, 4.69) is 0 Å². The SMILES string of the molecule is COc1ccc(Cn2c(=O)c3c(O)cc(=O)n(C)c3n(-c3ccc(C)cc3F)c2=O)cc1. The van der Waals surface area contributed by atoms with E-state index in [0.717, 1.165) is 19.8 Å². The average Bonchev–Trinajstić information content (AvgIpc) is 2.76. The van der Waals surface area contributed by atoms with Gasteiger partial charge in [0, 0.05) is 13.1 Å². The number of methoxy groups -OCH3 is 1. The number of hydrogen-bond acceptors (Lipinski definition) is 5. The number of aromatic nitrogens is 3. The van der Waals surface area contributed by atoms with E-state index in [1.807, 2.05) is 0 Å². The third-order valence-corrected chi connectivity index (χ3v) is 5.33. The molecule has 0 radical (unpaired) electrons. The summed E-state index contributed by atoms with van der Waals surface area (Å²) in [6, 6.07) is 11.9. The molecule has 32 heavy (non-hydrogen) atoms. The molecule has 0 unspecified atom stereocenters. The van der Waals surface area contributed by atoms with Crippen LogP contribution in [0, 0.1) is 12.7 Å². The summed E-state index contributed by atoms with van der Waals surface area (Å²) in [5, 5.41) is 10.2. The minimum atomic E-state index is -0.846. The van der Waals surface area contributed by atoms with Crippen molar-refractivity contribution in [3.05, 3.63) is 96.7 Å². The van der Waals surface area contributed by atoms with E-state index in [1.54, 1.807) is 37.3 Å². The quantitative estimate of drug-likeness (QED) is 0.527. The number of rotatable bonds is 4. The highest BCUT2D eigenvalue weighted by molar-refractivity contribution is 5.82. The largest absolute Gasteiger partial charge is 0.507 e. The maximum absolute atomic E-state index is 14.9. The van der Waals surface area contributed by atoms with Gasteiger partial charge in [0.1, 0.15) is 28.3 Å². The van der Waals surface area contributed by atoms with Crippen molar-refractivity contribution >= 4 is 11.0 Å². The van der Waals surface area contributed by atoms with Crippen molar-refractivity contribution < 1.29 is 14.2 Å². The first-order valence-corrected chi connectivity index (χ1v) is 9.71. The molecule has 4 rings (SSSR count). The van der Waals surface area contributed by atoms with Gasteiger partial charge in [-0.3, -0.25) is 18.7 Å². The maximum atomic E-state index is 14.9. The van der Waals surface area contributed by atoms with Gasteiger partial charge in [0.05, 0.1) is 19.3 Å². The van der Waals surface area contributed by atoms with E-state index >= 15 is 0 Å². The van der Waals surface area contributed by atoms with Crippen LogP contribution in [-0.2, 0) is 13.6 Å². The minimum Gasteiger partial charge on any atom is -0.507 e. The highest BCUT2D eigenvalue weighted by atomic mass is 19.1. The standard InChI is InChI=1S/C23H20FN3O5/c1-13-4-9-17(16(24)10-13)27-21-20(18(28)11-19(29)25(21)2)22(30)26(23(27)31)12-14-5-7-15(32-3)8-6-14/h4-11,28H,12H2,1-3H3. The minimum absolute atomic E-state index is 0.132. The Hall–Kier alpha value is -4.14. The highest BCUT2D eigenvalue weighted by Gasteiger charge is 2.22. The normalized spacial score (nSPS) is 11.1. The maximum Gasteiger partial charge on any atom is 0.337 e. The van der Waals surface area contributed by atoms with Crippen molar-refractivity contribution in [1.29, 1.82) is 0 Å². The Kier molecular flexibility index (Phi) is 5.17. The Morgan fingerprint density at radius 3 is 2.34 bits per heavy atom. The second-order valence-corrected chi connectivity index (χ2v) is 7.44. The zero-order valence-electron chi connectivity index (χ0n) is 17.6. The first kappa shape index (κ1) is 21.1. The second-order valence-electron chi connectivity index (χ2n) is 7.44. The number of aromatic hydroxyl groups is 1. The molecule has 0 bridgehead atoms. The molecule has 8 nitrogen and oxygen atoms in total. The number of hydrogen-bond donors (Lipinski definition) is 1. The summed E-state index contributed by atoms with van der Waals surface area (Å²) in [5.41, 5.74) is -1.38. The van der Waals surface area contributed by atoms with Crippen molar-refractivity contribution in [3.63, 3.8) is 0 Å². The molecule has 0 fully saturated rings. The first-order valence-electron chi connectivity index (χ1n) is 9.71. The van der Waals surface area contributed by atoms with Gasteiger partial charge in [0.25, 0.3) is 11.1 Å². The van der Waals surface area contributed by atoms with Crippen LogP contribution >= 0.6 is 0 Å². The Labute approximate surface area is 181 Å². The number of fused-ring (bicyclic) bond motifs is 1. The fourth-order valence-corrected chi connectivity index (χ4v) is 3.64. The van der Waals surface area contributed by atoms with Crippen LogP contribution in [0.3, 0.4) is 0 Å². The van der Waals surface area contributed by atoms with E-state index in [1.165, 1.54) is 26.3 Å². The van der Waals surface area contributed by atoms with Gasteiger partial charge < -0.3 is 9.84 Å². The summed E-state index contributed by atoms with van der Waals surface area (Å²) in [6.45, 7) is 1.56. The third kappa shape index (κ3) is 3.37. The van der Waals surface area contributed by atoms with Crippen molar-refractivity contribution in [3.8, 4) is 17.2 Å². The molecule has 0 spiro atoms. The first-order chi connectivity index (χ1) is 15.2. The molecule has 9 heteroatoms. The fourth-order valence-electron chi connectivity index (χ4n) is 3.64. The van der Waals surface area contributed by atoms with Crippen LogP contribution in [0.5, 0.6) is 11.5 Å². The van der Waals surface area contributed by atoms with Crippen molar-refractivity contribution in [2.75, 3.05) is 7.11 Å². The Morgan fingerprint density at radius 2 is 1.72 bits per heavy atom. The van der Waals surface area contributed by atoms with Crippen LogP contribution in [0.1, 0.15) is 11.1 Å². The summed E-state index contributed by atoms with van der Waals surface area (Å²) in [4.78, 5) is 39.0. The molecule has 0 amide bonds. The van der Waals surface area contributed by atoms with Gasteiger partial charge in [-0.05, 0) is 42.3 Å². The molecule has 2 heterocycles. The zero-order chi connectivity index (χ0) is 23.2. The molecular weight excluding hydrogens is 417 g/mol. The number of nitrogens with zero attached hydrogens (tertiary/aromatic N) is 3. The summed E-state index contributed by atoms with van der Waals surface area (Å²) in [7, 11) is 2.87. The van der Waals surface area contributed by atoms with Crippen molar-refractivity contribution in [1.82, 2.24) is 13.7 Å². The van der Waals surface area contributed by atoms with Crippen LogP contribution in [0.15, 0.2) is 62.9 Å². The predicted octanol–water partition coefficient (Wildman–Crippen LogP) is 2.06. The smallest absolute Gasteiger partial charge is 0.337 e. The molecule has 0 aliphatic heterocycles. The summed E-state index contributed by atoms with van der Waals surface area (Å²) >= 11 is 0. The Balaban J connectivity index is 2.11. The molecule has 0 saturated carbocycles. The monoisotopic (exact) mass is 437 g/mol. The molecule has 164 valence electrons. The Bertz CT molecular complexity index is 1530.